The second-order valence-electron chi connectivity index (χ2n) is 9.27. The van der Waals surface area contributed by atoms with Gasteiger partial charge in [0.25, 0.3) is 5.56 Å². The third kappa shape index (κ3) is 5.26. The van der Waals surface area contributed by atoms with Gasteiger partial charge in [-0.1, -0.05) is 6.07 Å². The number of aryl methyl sites for hydroxylation is 4. The summed E-state index contributed by atoms with van der Waals surface area (Å²) in [5.41, 5.74) is 4.32. The number of thiophene rings is 1. The predicted octanol–water partition coefficient (Wildman–Crippen LogP) is 6.39. The van der Waals surface area contributed by atoms with Gasteiger partial charge in [0.1, 0.15) is 16.4 Å². The van der Waals surface area contributed by atoms with E-state index in [1.165, 1.54) is 28.0 Å². The number of H-pyrrole nitrogens is 1. The van der Waals surface area contributed by atoms with Crippen LogP contribution >= 0.6 is 11.3 Å². The predicted molar refractivity (Wildman–Crippen MR) is 145 cm³/mol. The molecule has 36 heavy (non-hydrogen) atoms. The molecule has 188 valence electrons. The van der Waals surface area contributed by atoms with Crippen molar-refractivity contribution in [3.8, 4) is 28.6 Å². The van der Waals surface area contributed by atoms with Gasteiger partial charge >= 0.3 is 0 Å². The van der Waals surface area contributed by atoms with E-state index in [9.17, 15) is 4.79 Å². The number of ether oxygens (including phenoxy) is 3. The molecule has 2 aromatic carbocycles. The van der Waals surface area contributed by atoms with Gasteiger partial charge in [-0.15, -0.1) is 11.3 Å². The van der Waals surface area contributed by atoms with Crippen LogP contribution in [0.1, 0.15) is 47.8 Å². The molecule has 0 saturated heterocycles. The van der Waals surface area contributed by atoms with Crippen LogP contribution in [-0.4, -0.2) is 29.8 Å². The molecule has 7 heteroatoms. The fraction of sp³-hybridized carbons (Fsp3) is 0.379. The van der Waals surface area contributed by atoms with E-state index in [0.717, 1.165) is 47.2 Å². The second-order valence-corrected chi connectivity index (χ2v) is 10.4. The first-order chi connectivity index (χ1) is 17.5. The molecule has 0 fully saturated rings. The van der Waals surface area contributed by atoms with Crippen LogP contribution in [0.3, 0.4) is 0 Å². The molecule has 1 aliphatic carbocycles. The Kier molecular flexibility index (Phi) is 7.28. The fourth-order valence-corrected chi connectivity index (χ4v) is 6.05. The Bertz CT molecular complexity index is 1420. The topological polar surface area (TPSA) is 73.4 Å². The fourth-order valence-electron chi connectivity index (χ4n) is 4.79. The molecule has 0 amide bonds. The van der Waals surface area contributed by atoms with Crippen LogP contribution in [0, 0.1) is 13.8 Å². The van der Waals surface area contributed by atoms with Crippen molar-refractivity contribution in [2.24, 2.45) is 0 Å². The van der Waals surface area contributed by atoms with Gasteiger partial charge in [-0.3, -0.25) is 4.79 Å². The number of benzene rings is 2. The van der Waals surface area contributed by atoms with Gasteiger partial charge < -0.3 is 19.2 Å². The molecule has 0 saturated carbocycles. The smallest absolute Gasteiger partial charge is 0.260 e. The summed E-state index contributed by atoms with van der Waals surface area (Å²) in [6.45, 7) is 7.66. The minimum atomic E-state index is -0.0588. The van der Waals surface area contributed by atoms with E-state index in [-0.39, 0.29) is 5.56 Å². The summed E-state index contributed by atoms with van der Waals surface area (Å²) in [4.78, 5) is 22.9. The molecule has 0 unspecified atom stereocenters. The van der Waals surface area contributed by atoms with E-state index in [1.54, 1.807) is 11.3 Å². The zero-order valence-electron chi connectivity index (χ0n) is 21.1. The highest BCUT2D eigenvalue weighted by molar-refractivity contribution is 7.18. The van der Waals surface area contributed by atoms with Crippen molar-refractivity contribution < 1.29 is 14.2 Å². The lowest BCUT2D eigenvalue weighted by Crippen LogP contribution is -2.11. The maximum absolute atomic E-state index is 13.0. The lowest BCUT2D eigenvalue weighted by Gasteiger charge is -2.14. The summed E-state index contributed by atoms with van der Waals surface area (Å²) in [5.74, 6) is 2.75. The first kappa shape index (κ1) is 24.4. The third-order valence-electron chi connectivity index (χ3n) is 6.35. The lowest BCUT2D eigenvalue weighted by atomic mass is 9.97. The number of aromatic amines is 1. The summed E-state index contributed by atoms with van der Waals surface area (Å²) in [6, 6.07) is 11.9. The van der Waals surface area contributed by atoms with Gasteiger partial charge in [-0.25, -0.2) is 4.98 Å². The van der Waals surface area contributed by atoms with Crippen LogP contribution in [-0.2, 0) is 12.8 Å². The second kappa shape index (κ2) is 10.7. The number of aromatic nitrogens is 2. The van der Waals surface area contributed by atoms with E-state index in [0.29, 0.717) is 37.1 Å². The standard InChI is InChI=1S/C29H32N2O4S/c1-4-33-24-17-20(27-30-28(32)26-22-8-5-6-9-25(22)36-29(26)31-27)10-11-23(24)35-13-7-12-34-21-15-18(2)14-19(3)16-21/h10-11,14-17H,4-9,12-13H2,1-3H3,(H,30,31,32). The maximum atomic E-state index is 13.0. The summed E-state index contributed by atoms with van der Waals surface area (Å²) in [7, 11) is 0. The van der Waals surface area contributed by atoms with Crippen molar-refractivity contribution in [1.82, 2.24) is 9.97 Å². The zero-order valence-corrected chi connectivity index (χ0v) is 21.9. The largest absolute Gasteiger partial charge is 0.493 e. The third-order valence-corrected chi connectivity index (χ3v) is 7.54. The summed E-state index contributed by atoms with van der Waals surface area (Å²) in [6.07, 6.45) is 5.07. The molecular weight excluding hydrogens is 472 g/mol. The van der Waals surface area contributed by atoms with E-state index in [2.05, 4.69) is 24.9 Å². The summed E-state index contributed by atoms with van der Waals surface area (Å²) >= 11 is 1.66. The molecule has 0 atom stereocenters. The number of hydrogen-bond acceptors (Lipinski definition) is 6. The highest BCUT2D eigenvalue weighted by Crippen LogP contribution is 2.36. The van der Waals surface area contributed by atoms with Crippen molar-refractivity contribution >= 4 is 21.6 Å². The highest BCUT2D eigenvalue weighted by atomic mass is 32.1. The van der Waals surface area contributed by atoms with Crippen molar-refractivity contribution in [3.05, 3.63) is 68.3 Å². The molecule has 2 heterocycles. The molecule has 1 aliphatic rings. The van der Waals surface area contributed by atoms with E-state index in [4.69, 9.17) is 19.2 Å². The Hall–Kier alpha value is -3.32. The normalized spacial score (nSPS) is 13.0. The molecule has 1 N–H and O–H groups in total. The van der Waals surface area contributed by atoms with Gasteiger partial charge in [-0.2, -0.15) is 0 Å². The zero-order chi connectivity index (χ0) is 25.1. The van der Waals surface area contributed by atoms with Crippen LogP contribution < -0.4 is 19.8 Å². The van der Waals surface area contributed by atoms with Gasteiger partial charge in [0.05, 0.1) is 25.2 Å². The van der Waals surface area contributed by atoms with Crippen LogP contribution in [0.5, 0.6) is 17.2 Å². The van der Waals surface area contributed by atoms with Crippen molar-refractivity contribution in [2.45, 2.75) is 52.9 Å². The quantitative estimate of drug-likeness (QED) is 0.267. The Labute approximate surface area is 215 Å². The Morgan fingerprint density at radius 1 is 0.944 bits per heavy atom. The minimum Gasteiger partial charge on any atom is -0.493 e. The first-order valence-corrected chi connectivity index (χ1v) is 13.5. The molecular formula is C29H32N2O4S. The summed E-state index contributed by atoms with van der Waals surface area (Å²) in [5, 5.41) is 0.770. The number of rotatable bonds is 9. The first-order valence-electron chi connectivity index (χ1n) is 12.7. The van der Waals surface area contributed by atoms with Gasteiger partial charge in [0.15, 0.2) is 11.5 Å². The maximum Gasteiger partial charge on any atom is 0.260 e. The number of fused-ring (bicyclic) bond motifs is 3. The number of nitrogens with zero attached hydrogens (tertiary/aromatic N) is 1. The molecule has 0 spiro atoms. The summed E-state index contributed by atoms with van der Waals surface area (Å²) < 4.78 is 17.8. The van der Waals surface area contributed by atoms with Gasteiger partial charge in [0.2, 0.25) is 0 Å². The Balaban J connectivity index is 1.29. The Morgan fingerprint density at radius 3 is 2.53 bits per heavy atom. The van der Waals surface area contributed by atoms with Gasteiger partial charge in [-0.05, 0) is 93.5 Å². The molecule has 0 aliphatic heterocycles. The Morgan fingerprint density at radius 2 is 1.72 bits per heavy atom. The lowest BCUT2D eigenvalue weighted by molar-refractivity contribution is 0.236. The number of nitrogens with one attached hydrogen (secondary N) is 1. The highest BCUT2D eigenvalue weighted by Gasteiger charge is 2.20. The monoisotopic (exact) mass is 504 g/mol. The molecule has 2 aromatic heterocycles. The van der Waals surface area contributed by atoms with Crippen molar-refractivity contribution in [2.75, 3.05) is 19.8 Å². The van der Waals surface area contributed by atoms with Crippen molar-refractivity contribution in [1.29, 1.82) is 0 Å². The average molecular weight is 505 g/mol. The minimum absolute atomic E-state index is 0.0588. The van der Waals surface area contributed by atoms with Gasteiger partial charge in [0, 0.05) is 16.9 Å². The SMILES string of the molecule is CCOc1cc(-c2nc3sc4c(c3c(=O)[nH]2)CCCC4)ccc1OCCCOc1cc(C)cc(C)c1. The number of hydrogen-bond donors (Lipinski definition) is 1. The molecule has 4 aromatic rings. The van der Waals surface area contributed by atoms with Crippen LogP contribution in [0.4, 0.5) is 0 Å². The van der Waals surface area contributed by atoms with Crippen LogP contribution in [0.15, 0.2) is 41.2 Å². The molecule has 0 bridgehead atoms. The molecule has 5 rings (SSSR count). The van der Waals surface area contributed by atoms with E-state index in [1.807, 2.05) is 37.3 Å². The van der Waals surface area contributed by atoms with Crippen molar-refractivity contribution in [3.63, 3.8) is 0 Å². The van der Waals surface area contributed by atoms with Crippen LogP contribution in [0.2, 0.25) is 0 Å². The van der Waals surface area contributed by atoms with Crippen LogP contribution in [0.25, 0.3) is 21.6 Å². The molecule has 6 nitrogen and oxygen atoms in total. The van der Waals surface area contributed by atoms with E-state index < -0.39 is 0 Å². The van der Waals surface area contributed by atoms with E-state index >= 15 is 0 Å². The average Bonchev–Trinajstić information content (AvgIpc) is 3.23. The molecule has 0 radical (unpaired) electrons.